The number of rotatable bonds is 8. The molecule has 0 radical (unpaired) electrons. The fourth-order valence-electron chi connectivity index (χ4n) is 1.86. The Labute approximate surface area is 118 Å². The Morgan fingerprint density at radius 1 is 1.42 bits per heavy atom. The van der Waals surface area contributed by atoms with Gasteiger partial charge in [-0.2, -0.15) is 0 Å². The fourth-order valence-corrected chi connectivity index (χ4v) is 2.02. The summed E-state index contributed by atoms with van der Waals surface area (Å²) < 4.78 is 5.60. The number of nitro groups is 1. The van der Waals surface area contributed by atoms with Gasteiger partial charge in [0.05, 0.1) is 11.5 Å². The number of benzene rings is 1. The Kier molecular flexibility index (Phi) is 6.64. The maximum absolute atomic E-state index is 10.9. The molecule has 1 atom stereocenters. The van der Waals surface area contributed by atoms with Crippen molar-refractivity contribution >= 4 is 17.3 Å². The van der Waals surface area contributed by atoms with E-state index >= 15 is 0 Å². The summed E-state index contributed by atoms with van der Waals surface area (Å²) in [5.74, 6) is 0.686. The van der Waals surface area contributed by atoms with Crippen molar-refractivity contribution in [3.63, 3.8) is 0 Å². The van der Waals surface area contributed by atoms with Crippen molar-refractivity contribution < 1.29 is 9.66 Å². The van der Waals surface area contributed by atoms with Gasteiger partial charge in [-0.1, -0.05) is 44.7 Å². The zero-order valence-electron chi connectivity index (χ0n) is 11.4. The smallest absolute Gasteiger partial charge is 0.311 e. The van der Waals surface area contributed by atoms with E-state index in [4.69, 9.17) is 16.3 Å². The average molecular weight is 286 g/mol. The minimum atomic E-state index is -0.446. The molecule has 0 saturated heterocycles. The molecule has 0 amide bonds. The summed E-state index contributed by atoms with van der Waals surface area (Å²) in [5, 5.41) is 11.3. The van der Waals surface area contributed by atoms with Crippen LogP contribution in [-0.2, 0) is 0 Å². The lowest BCUT2D eigenvalue weighted by atomic mass is 10.0. The molecule has 1 aromatic carbocycles. The molecule has 0 saturated carbocycles. The van der Waals surface area contributed by atoms with Gasteiger partial charge in [0, 0.05) is 17.2 Å². The molecular formula is C14H20ClNO3. The first-order valence-electron chi connectivity index (χ1n) is 6.65. The maximum atomic E-state index is 10.9. The summed E-state index contributed by atoms with van der Waals surface area (Å²) in [6.07, 6.45) is 4.39. The number of unbranched alkanes of at least 4 members (excludes halogenated alkanes) is 1. The second kappa shape index (κ2) is 8.00. The number of nitrogens with zero attached hydrogens (tertiary/aromatic N) is 1. The molecule has 1 unspecified atom stereocenters. The molecule has 0 fully saturated rings. The Morgan fingerprint density at radius 3 is 2.74 bits per heavy atom. The maximum Gasteiger partial charge on any atom is 0.311 e. The first-order chi connectivity index (χ1) is 9.08. The van der Waals surface area contributed by atoms with E-state index in [0.29, 0.717) is 17.5 Å². The highest BCUT2D eigenvalue weighted by Gasteiger charge is 2.16. The van der Waals surface area contributed by atoms with Crippen LogP contribution in [0.15, 0.2) is 18.2 Å². The fraction of sp³-hybridized carbons (Fsp3) is 0.571. The number of halogens is 1. The lowest BCUT2D eigenvalue weighted by molar-refractivity contribution is -0.385. The van der Waals surface area contributed by atoms with Crippen molar-refractivity contribution in [2.45, 2.75) is 39.5 Å². The van der Waals surface area contributed by atoms with Crippen molar-refractivity contribution in [3.05, 3.63) is 33.3 Å². The lowest BCUT2D eigenvalue weighted by Crippen LogP contribution is -2.12. The quantitative estimate of drug-likeness (QED) is 0.507. The number of hydrogen-bond donors (Lipinski definition) is 0. The summed E-state index contributed by atoms with van der Waals surface area (Å²) >= 11 is 5.85. The average Bonchev–Trinajstić information content (AvgIpc) is 2.38. The summed E-state index contributed by atoms with van der Waals surface area (Å²) in [6, 6.07) is 4.39. The van der Waals surface area contributed by atoms with Gasteiger partial charge in [0.1, 0.15) is 0 Å². The lowest BCUT2D eigenvalue weighted by Gasteiger charge is -2.15. The Hall–Kier alpha value is -1.29. The highest BCUT2D eigenvalue weighted by Crippen LogP contribution is 2.30. The normalized spacial score (nSPS) is 12.2. The van der Waals surface area contributed by atoms with Crippen LogP contribution in [0.1, 0.15) is 39.5 Å². The molecule has 0 aliphatic rings. The van der Waals surface area contributed by atoms with Gasteiger partial charge in [-0.25, -0.2) is 0 Å². The van der Waals surface area contributed by atoms with E-state index in [0.717, 1.165) is 25.7 Å². The van der Waals surface area contributed by atoms with Crippen LogP contribution in [0.2, 0.25) is 5.02 Å². The Morgan fingerprint density at radius 2 is 2.16 bits per heavy atom. The third-order valence-electron chi connectivity index (χ3n) is 3.14. The zero-order valence-corrected chi connectivity index (χ0v) is 12.2. The van der Waals surface area contributed by atoms with Crippen molar-refractivity contribution in [1.82, 2.24) is 0 Å². The Balaban J connectivity index is 2.70. The summed E-state index contributed by atoms with van der Waals surface area (Å²) in [4.78, 5) is 10.5. The standard InChI is InChI=1S/C14H20ClNO3/c1-3-5-6-11(4-2)10-19-14-9-12(15)7-8-13(14)16(17)18/h7-9,11H,3-6,10H2,1-2H3. The van der Waals surface area contributed by atoms with E-state index in [1.54, 1.807) is 0 Å². The van der Waals surface area contributed by atoms with E-state index in [1.807, 2.05) is 0 Å². The Bertz CT molecular complexity index is 423. The molecule has 1 rings (SSSR count). The molecule has 0 spiro atoms. The molecule has 19 heavy (non-hydrogen) atoms. The van der Waals surface area contributed by atoms with E-state index in [-0.39, 0.29) is 11.4 Å². The molecule has 1 aromatic rings. The van der Waals surface area contributed by atoms with Gasteiger partial charge in [0.2, 0.25) is 0 Å². The first kappa shape index (κ1) is 15.8. The van der Waals surface area contributed by atoms with Crippen molar-refractivity contribution in [1.29, 1.82) is 0 Å². The molecular weight excluding hydrogens is 266 g/mol. The summed E-state index contributed by atoms with van der Waals surface area (Å²) in [5.41, 5.74) is -0.0326. The van der Waals surface area contributed by atoms with E-state index in [2.05, 4.69) is 13.8 Å². The molecule has 0 bridgehead atoms. The van der Waals surface area contributed by atoms with E-state index < -0.39 is 4.92 Å². The molecule has 106 valence electrons. The molecule has 4 nitrogen and oxygen atoms in total. The van der Waals surface area contributed by atoms with Crippen LogP contribution < -0.4 is 4.74 Å². The van der Waals surface area contributed by atoms with Gasteiger partial charge in [0.15, 0.2) is 5.75 Å². The zero-order chi connectivity index (χ0) is 14.3. The predicted molar refractivity (Wildman–Crippen MR) is 76.9 cm³/mol. The van der Waals surface area contributed by atoms with E-state index in [9.17, 15) is 10.1 Å². The molecule has 0 aliphatic carbocycles. The molecule has 0 N–H and O–H groups in total. The topological polar surface area (TPSA) is 52.4 Å². The van der Waals surface area contributed by atoms with Crippen molar-refractivity contribution in [2.75, 3.05) is 6.61 Å². The number of ether oxygens (including phenoxy) is 1. The van der Waals surface area contributed by atoms with Gasteiger partial charge in [0.25, 0.3) is 0 Å². The second-order valence-electron chi connectivity index (χ2n) is 4.60. The molecule has 5 heteroatoms. The van der Waals surface area contributed by atoms with Crippen LogP contribution in [0.3, 0.4) is 0 Å². The van der Waals surface area contributed by atoms with E-state index in [1.165, 1.54) is 18.2 Å². The SMILES string of the molecule is CCCCC(CC)COc1cc(Cl)ccc1[N+](=O)[O-]. The molecule has 0 aliphatic heterocycles. The molecule has 0 heterocycles. The first-order valence-corrected chi connectivity index (χ1v) is 7.03. The largest absolute Gasteiger partial charge is 0.486 e. The van der Waals surface area contributed by atoms with Gasteiger partial charge in [-0.05, 0) is 18.4 Å². The van der Waals surface area contributed by atoms with Crippen LogP contribution in [-0.4, -0.2) is 11.5 Å². The van der Waals surface area contributed by atoms with Gasteiger partial charge < -0.3 is 4.74 Å². The summed E-state index contributed by atoms with van der Waals surface area (Å²) in [7, 11) is 0. The van der Waals surface area contributed by atoms with Crippen molar-refractivity contribution in [2.24, 2.45) is 5.92 Å². The highest BCUT2D eigenvalue weighted by molar-refractivity contribution is 6.30. The van der Waals surface area contributed by atoms with Crippen molar-refractivity contribution in [3.8, 4) is 5.75 Å². The minimum Gasteiger partial charge on any atom is -0.486 e. The van der Waals surface area contributed by atoms with Crippen LogP contribution >= 0.6 is 11.6 Å². The third kappa shape index (κ3) is 5.07. The third-order valence-corrected chi connectivity index (χ3v) is 3.37. The van der Waals surface area contributed by atoms with Crippen LogP contribution in [0.4, 0.5) is 5.69 Å². The number of nitro benzene ring substituents is 1. The van der Waals surface area contributed by atoms with Crippen LogP contribution in [0.25, 0.3) is 0 Å². The predicted octanol–water partition coefficient (Wildman–Crippen LogP) is 4.84. The number of hydrogen-bond acceptors (Lipinski definition) is 3. The monoisotopic (exact) mass is 285 g/mol. The minimum absolute atomic E-state index is 0.0326. The van der Waals surface area contributed by atoms with Crippen LogP contribution in [0, 0.1) is 16.0 Å². The highest BCUT2D eigenvalue weighted by atomic mass is 35.5. The molecule has 0 aromatic heterocycles. The summed E-state index contributed by atoms with van der Waals surface area (Å²) in [6.45, 7) is 4.75. The van der Waals surface area contributed by atoms with Gasteiger partial charge in [-0.3, -0.25) is 10.1 Å². The van der Waals surface area contributed by atoms with Gasteiger partial charge in [-0.15, -0.1) is 0 Å². The van der Waals surface area contributed by atoms with Crippen LogP contribution in [0.5, 0.6) is 5.75 Å². The van der Waals surface area contributed by atoms with Gasteiger partial charge >= 0.3 is 5.69 Å². The second-order valence-corrected chi connectivity index (χ2v) is 5.03.